The average molecular weight is 354 g/mol. The molecular formula is C17H14N4O3S. The largest absolute Gasteiger partial charge is 0.493 e. The van der Waals surface area contributed by atoms with Gasteiger partial charge in [-0.1, -0.05) is 6.07 Å². The van der Waals surface area contributed by atoms with E-state index in [-0.39, 0.29) is 11.0 Å². The molecule has 0 radical (unpaired) electrons. The van der Waals surface area contributed by atoms with E-state index in [4.69, 9.17) is 10.5 Å². The molecule has 0 bridgehead atoms. The number of fused-ring (bicyclic) bond motifs is 3. The molecule has 0 fully saturated rings. The highest BCUT2D eigenvalue weighted by Gasteiger charge is 2.23. The number of nitrogens with two attached hydrogens (primary N) is 1. The standard InChI is InChI=1S/C17H14N4O3S/c1-8-11(7-19-17(18)20-8)9-2-3-12-10(6-9)14-13(4-5-24-12)25-15(21-14)16(22)23/h2-3,6-7H,4-5H2,1H3,(H,22,23)(H2,18,19,20). The zero-order chi connectivity index (χ0) is 17.6. The molecule has 3 aromatic rings. The van der Waals surface area contributed by atoms with Gasteiger partial charge < -0.3 is 15.6 Å². The molecular weight excluding hydrogens is 340 g/mol. The van der Waals surface area contributed by atoms with E-state index < -0.39 is 5.97 Å². The van der Waals surface area contributed by atoms with Gasteiger partial charge in [-0.25, -0.2) is 19.7 Å². The summed E-state index contributed by atoms with van der Waals surface area (Å²) in [4.78, 5) is 24.8. The van der Waals surface area contributed by atoms with Crippen LogP contribution < -0.4 is 10.5 Å². The maximum atomic E-state index is 11.3. The van der Waals surface area contributed by atoms with E-state index in [9.17, 15) is 9.90 Å². The molecule has 0 atom stereocenters. The number of nitrogen functional groups attached to an aromatic ring is 1. The number of rotatable bonds is 2. The van der Waals surface area contributed by atoms with Gasteiger partial charge in [0, 0.05) is 28.6 Å². The van der Waals surface area contributed by atoms with Crippen molar-refractivity contribution in [3.8, 4) is 28.1 Å². The fourth-order valence-corrected chi connectivity index (χ4v) is 3.75. The van der Waals surface area contributed by atoms with Gasteiger partial charge in [0.05, 0.1) is 18.0 Å². The van der Waals surface area contributed by atoms with Gasteiger partial charge in [0.15, 0.2) is 0 Å². The van der Waals surface area contributed by atoms with Crippen molar-refractivity contribution >= 4 is 23.3 Å². The molecule has 1 aliphatic rings. The number of aryl methyl sites for hydroxylation is 1. The highest BCUT2D eigenvalue weighted by molar-refractivity contribution is 7.14. The van der Waals surface area contributed by atoms with Crippen LogP contribution in [-0.4, -0.2) is 32.6 Å². The van der Waals surface area contributed by atoms with Crippen molar-refractivity contribution < 1.29 is 14.6 Å². The summed E-state index contributed by atoms with van der Waals surface area (Å²) in [5, 5.41) is 9.33. The monoisotopic (exact) mass is 354 g/mol. The number of carboxylic acid groups (broad SMARTS) is 1. The molecule has 7 nitrogen and oxygen atoms in total. The van der Waals surface area contributed by atoms with Crippen molar-refractivity contribution in [3.63, 3.8) is 0 Å². The number of hydrogen-bond acceptors (Lipinski definition) is 7. The smallest absolute Gasteiger partial charge is 0.365 e. The molecule has 0 saturated heterocycles. The number of carboxylic acids is 1. The van der Waals surface area contributed by atoms with Crippen molar-refractivity contribution in [2.45, 2.75) is 13.3 Å². The molecule has 3 heterocycles. The first-order chi connectivity index (χ1) is 12.0. The number of benzene rings is 1. The minimum absolute atomic E-state index is 0.0928. The first-order valence-corrected chi connectivity index (χ1v) is 8.44. The average Bonchev–Trinajstić information content (AvgIpc) is 2.92. The summed E-state index contributed by atoms with van der Waals surface area (Å²) < 4.78 is 5.80. The minimum atomic E-state index is -1.01. The Bertz CT molecular complexity index is 1000. The minimum Gasteiger partial charge on any atom is -0.493 e. The summed E-state index contributed by atoms with van der Waals surface area (Å²) >= 11 is 1.20. The molecule has 0 spiro atoms. The van der Waals surface area contributed by atoms with E-state index >= 15 is 0 Å². The molecule has 0 aliphatic carbocycles. The molecule has 1 aliphatic heterocycles. The van der Waals surface area contributed by atoms with Gasteiger partial charge in [-0.15, -0.1) is 11.3 Å². The Hall–Kier alpha value is -3.00. The van der Waals surface area contributed by atoms with E-state index in [2.05, 4.69) is 15.0 Å². The second-order valence-corrected chi connectivity index (χ2v) is 6.72. The molecule has 8 heteroatoms. The summed E-state index contributed by atoms with van der Waals surface area (Å²) in [7, 11) is 0. The Morgan fingerprint density at radius 2 is 2.16 bits per heavy atom. The number of thiazole rings is 1. The van der Waals surface area contributed by atoms with Crippen LogP contribution in [0.25, 0.3) is 22.4 Å². The molecule has 4 rings (SSSR count). The maximum Gasteiger partial charge on any atom is 0.365 e. The van der Waals surface area contributed by atoms with Crippen LogP contribution in [0.4, 0.5) is 5.95 Å². The van der Waals surface area contributed by atoms with Crippen molar-refractivity contribution in [3.05, 3.63) is 40.0 Å². The van der Waals surface area contributed by atoms with Crippen molar-refractivity contribution in [1.82, 2.24) is 15.0 Å². The van der Waals surface area contributed by atoms with Crippen LogP contribution in [0.1, 0.15) is 20.4 Å². The van der Waals surface area contributed by atoms with E-state index in [0.29, 0.717) is 24.5 Å². The summed E-state index contributed by atoms with van der Waals surface area (Å²) in [5.41, 5.74) is 9.61. The fourth-order valence-electron chi connectivity index (χ4n) is 2.85. The molecule has 0 saturated carbocycles. The van der Waals surface area contributed by atoms with E-state index in [1.165, 1.54) is 11.3 Å². The van der Waals surface area contributed by atoms with Crippen molar-refractivity contribution in [2.75, 3.05) is 12.3 Å². The van der Waals surface area contributed by atoms with Crippen LogP contribution in [0.5, 0.6) is 5.75 Å². The Morgan fingerprint density at radius 1 is 1.32 bits per heavy atom. The quantitative estimate of drug-likeness (QED) is 0.728. The Morgan fingerprint density at radius 3 is 2.92 bits per heavy atom. The lowest BCUT2D eigenvalue weighted by Gasteiger charge is -2.11. The zero-order valence-corrected chi connectivity index (χ0v) is 14.1. The van der Waals surface area contributed by atoms with Crippen molar-refractivity contribution in [2.24, 2.45) is 0 Å². The van der Waals surface area contributed by atoms with Gasteiger partial charge in [0.2, 0.25) is 11.0 Å². The Balaban J connectivity index is 1.89. The lowest BCUT2D eigenvalue weighted by Crippen LogP contribution is -1.99. The first-order valence-electron chi connectivity index (χ1n) is 7.62. The molecule has 25 heavy (non-hydrogen) atoms. The first kappa shape index (κ1) is 15.5. The van der Waals surface area contributed by atoms with Gasteiger partial charge >= 0.3 is 5.97 Å². The van der Waals surface area contributed by atoms with Crippen LogP contribution in [-0.2, 0) is 6.42 Å². The third-order valence-electron chi connectivity index (χ3n) is 4.01. The highest BCUT2D eigenvalue weighted by atomic mass is 32.1. The van der Waals surface area contributed by atoms with Crippen molar-refractivity contribution in [1.29, 1.82) is 0 Å². The van der Waals surface area contributed by atoms with Gasteiger partial charge in [-0.3, -0.25) is 0 Å². The second kappa shape index (κ2) is 5.82. The number of anilines is 1. The molecule has 2 aromatic heterocycles. The van der Waals surface area contributed by atoms with Crippen LogP contribution in [0.3, 0.4) is 0 Å². The van der Waals surface area contributed by atoms with Gasteiger partial charge in [-0.2, -0.15) is 0 Å². The Kier molecular flexibility index (Phi) is 3.61. The fraction of sp³-hybridized carbons (Fsp3) is 0.176. The predicted molar refractivity (Wildman–Crippen MR) is 93.9 cm³/mol. The topological polar surface area (TPSA) is 111 Å². The summed E-state index contributed by atoms with van der Waals surface area (Å²) in [6.45, 7) is 2.36. The third kappa shape index (κ3) is 2.70. The molecule has 0 unspecified atom stereocenters. The lowest BCUT2D eigenvalue weighted by molar-refractivity contribution is 0.0696. The molecule has 0 amide bonds. The van der Waals surface area contributed by atoms with E-state index in [1.807, 2.05) is 25.1 Å². The number of aromatic nitrogens is 3. The van der Waals surface area contributed by atoms with Crippen LogP contribution in [0.15, 0.2) is 24.4 Å². The van der Waals surface area contributed by atoms with Crippen LogP contribution in [0.2, 0.25) is 0 Å². The van der Waals surface area contributed by atoms with Gasteiger partial charge in [-0.05, 0) is 24.6 Å². The van der Waals surface area contributed by atoms with Gasteiger partial charge in [0.1, 0.15) is 5.75 Å². The maximum absolute atomic E-state index is 11.3. The molecule has 1 aromatic carbocycles. The summed E-state index contributed by atoms with van der Waals surface area (Å²) in [6.07, 6.45) is 2.32. The summed E-state index contributed by atoms with van der Waals surface area (Å²) in [6, 6.07) is 5.73. The predicted octanol–water partition coefficient (Wildman–Crippen LogP) is 2.79. The van der Waals surface area contributed by atoms with Crippen LogP contribution in [0, 0.1) is 6.92 Å². The van der Waals surface area contributed by atoms with Crippen LogP contribution >= 0.6 is 11.3 Å². The lowest BCUT2D eigenvalue weighted by atomic mass is 10.0. The van der Waals surface area contributed by atoms with Gasteiger partial charge in [0.25, 0.3) is 0 Å². The summed E-state index contributed by atoms with van der Waals surface area (Å²) in [5.74, 6) is -0.0922. The molecule has 3 N–H and O–H groups in total. The molecule has 126 valence electrons. The highest BCUT2D eigenvalue weighted by Crippen LogP contribution is 2.40. The van der Waals surface area contributed by atoms with E-state index in [1.54, 1.807) is 6.20 Å². The zero-order valence-electron chi connectivity index (χ0n) is 13.3. The normalized spacial score (nSPS) is 12.7. The third-order valence-corrected chi connectivity index (χ3v) is 5.11. The number of carbonyl (C=O) groups is 1. The number of hydrogen-bond donors (Lipinski definition) is 2. The number of nitrogens with zero attached hydrogens (tertiary/aromatic N) is 3. The Labute approximate surface area is 147 Å². The second-order valence-electron chi connectivity index (χ2n) is 5.63. The number of aromatic carboxylic acids is 1. The number of ether oxygens (including phenoxy) is 1. The van der Waals surface area contributed by atoms with E-state index in [0.717, 1.165) is 27.3 Å². The SMILES string of the molecule is Cc1nc(N)ncc1-c1ccc2c(c1)-c1nc(C(=O)O)sc1CCO2.